The quantitative estimate of drug-likeness (QED) is 0.888. The minimum atomic E-state index is -0.492. The van der Waals surface area contributed by atoms with E-state index in [9.17, 15) is 4.79 Å². The largest absolute Gasteiger partial charge is 0.444 e. The number of hydrogen-bond donors (Lipinski definition) is 1. The van der Waals surface area contributed by atoms with Crippen molar-refractivity contribution >= 4 is 6.09 Å². The molecule has 1 aliphatic heterocycles. The summed E-state index contributed by atoms with van der Waals surface area (Å²) in [6.45, 7) is 7.18. The van der Waals surface area contributed by atoms with Gasteiger partial charge < -0.3 is 15.0 Å². The second-order valence-corrected chi connectivity index (χ2v) is 8.27. The third-order valence-electron chi connectivity index (χ3n) is 4.77. The van der Waals surface area contributed by atoms with Gasteiger partial charge in [0.2, 0.25) is 0 Å². The van der Waals surface area contributed by atoms with Crippen LogP contribution in [-0.2, 0) is 17.6 Å². The van der Waals surface area contributed by atoms with E-state index in [4.69, 9.17) is 4.74 Å². The zero-order chi connectivity index (χ0) is 19.3. The number of carbonyl (C=O) groups excluding carboxylic acids is 1. The molecule has 3 rings (SSSR count). The third kappa shape index (κ3) is 5.83. The molecule has 1 amide bonds. The van der Waals surface area contributed by atoms with Gasteiger partial charge in [-0.2, -0.15) is 0 Å². The molecule has 0 aromatic heterocycles. The van der Waals surface area contributed by atoms with Crippen LogP contribution in [0.3, 0.4) is 0 Å². The van der Waals surface area contributed by atoms with Gasteiger partial charge in [0.05, 0.1) is 6.04 Å². The summed E-state index contributed by atoms with van der Waals surface area (Å²) in [5.41, 5.74) is 2.02. The maximum absolute atomic E-state index is 12.9. The van der Waals surface area contributed by atoms with Crippen LogP contribution in [0.4, 0.5) is 4.79 Å². The van der Waals surface area contributed by atoms with Crippen molar-refractivity contribution in [3.8, 4) is 0 Å². The average Bonchev–Trinajstić information content (AvgIpc) is 2.63. The van der Waals surface area contributed by atoms with E-state index in [0.717, 1.165) is 19.4 Å². The number of ether oxygens (including phenoxy) is 1. The van der Waals surface area contributed by atoms with Crippen LogP contribution in [0.2, 0.25) is 0 Å². The summed E-state index contributed by atoms with van der Waals surface area (Å²) < 4.78 is 5.70. The number of rotatable bonds is 4. The summed E-state index contributed by atoms with van der Waals surface area (Å²) in [6.07, 6.45) is 1.51. The molecule has 0 radical (unpaired) electrons. The average molecular weight is 367 g/mol. The molecule has 1 N–H and O–H groups in total. The van der Waals surface area contributed by atoms with Crippen molar-refractivity contribution in [3.63, 3.8) is 0 Å². The lowest BCUT2D eigenvalue weighted by atomic mass is 9.98. The lowest BCUT2D eigenvalue weighted by Gasteiger charge is -2.41. The maximum atomic E-state index is 12.9. The minimum Gasteiger partial charge on any atom is -0.444 e. The van der Waals surface area contributed by atoms with Crippen LogP contribution >= 0.6 is 0 Å². The Morgan fingerprint density at radius 1 is 1.00 bits per heavy atom. The van der Waals surface area contributed by atoms with E-state index in [1.165, 1.54) is 11.1 Å². The molecule has 2 atom stereocenters. The molecule has 2 aromatic rings. The van der Waals surface area contributed by atoms with Crippen molar-refractivity contribution in [2.75, 3.05) is 13.1 Å². The van der Waals surface area contributed by atoms with Gasteiger partial charge >= 0.3 is 6.09 Å². The van der Waals surface area contributed by atoms with Crippen LogP contribution in [0.5, 0.6) is 0 Å². The number of nitrogens with one attached hydrogen (secondary N) is 1. The predicted molar refractivity (Wildman–Crippen MR) is 109 cm³/mol. The van der Waals surface area contributed by atoms with Crippen LogP contribution in [0.15, 0.2) is 60.7 Å². The number of hydrogen-bond acceptors (Lipinski definition) is 3. The van der Waals surface area contributed by atoms with Crippen molar-refractivity contribution < 1.29 is 9.53 Å². The van der Waals surface area contributed by atoms with Gasteiger partial charge in [-0.25, -0.2) is 4.79 Å². The van der Waals surface area contributed by atoms with E-state index in [-0.39, 0.29) is 18.2 Å². The van der Waals surface area contributed by atoms with E-state index in [2.05, 4.69) is 41.7 Å². The summed E-state index contributed by atoms with van der Waals surface area (Å²) in [7, 11) is 0. The normalized spacial score (nSPS) is 20.3. The minimum absolute atomic E-state index is 0.0919. The van der Waals surface area contributed by atoms with Crippen LogP contribution in [-0.4, -0.2) is 41.8 Å². The second-order valence-electron chi connectivity index (χ2n) is 8.27. The van der Waals surface area contributed by atoms with Crippen molar-refractivity contribution in [2.45, 2.75) is 51.3 Å². The number of piperazine rings is 1. The van der Waals surface area contributed by atoms with Crippen LogP contribution in [0, 0.1) is 0 Å². The van der Waals surface area contributed by atoms with E-state index < -0.39 is 5.60 Å². The number of nitrogens with zero attached hydrogens (tertiary/aromatic N) is 1. The van der Waals surface area contributed by atoms with Crippen molar-refractivity contribution in [2.24, 2.45) is 0 Å². The van der Waals surface area contributed by atoms with E-state index >= 15 is 0 Å². The molecular weight excluding hydrogens is 336 g/mol. The Kier molecular flexibility index (Phi) is 6.17. The number of benzene rings is 2. The van der Waals surface area contributed by atoms with Gasteiger partial charge in [0, 0.05) is 19.1 Å². The molecule has 0 bridgehead atoms. The molecule has 1 fully saturated rings. The first-order valence-corrected chi connectivity index (χ1v) is 9.71. The lowest BCUT2D eigenvalue weighted by molar-refractivity contribution is 0.00751. The molecule has 1 heterocycles. The Morgan fingerprint density at radius 3 is 2.11 bits per heavy atom. The van der Waals surface area contributed by atoms with Gasteiger partial charge in [-0.05, 0) is 44.7 Å². The summed E-state index contributed by atoms with van der Waals surface area (Å²) in [6, 6.07) is 21.1. The third-order valence-corrected chi connectivity index (χ3v) is 4.77. The summed E-state index contributed by atoms with van der Waals surface area (Å²) in [5.74, 6) is 0. The summed E-state index contributed by atoms with van der Waals surface area (Å²) >= 11 is 0. The van der Waals surface area contributed by atoms with Gasteiger partial charge in [0.25, 0.3) is 0 Å². The van der Waals surface area contributed by atoms with Crippen LogP contribution < -0.4 is 5.32 Å². The van der Waals surface area contributed by atoms with E-state index in [1.807, 2.05) is 49.9 Å². The van der Waals surface area contributed by atoms with Gasteiger partial charge in [-0.15, -0.1) is 0 Å². The highest BCUT2D eigenvalue weighted by atomic mass is 16.6. The van der Waals surface area contributed by atoms with Crippen molar-refractivity contribution in [1.82, 2.24) is 10.2 Å². The molecule has 2 aromatic carbocycles. The SMILES string of the molecule is CC(C)(C)OC(=O)N1CC(Cc2ccccc2)NCC1Cc1ccccc1. The Bertz CT molecular complexity index is 725. The van der Waals surface area contributed by atoms with Crippen LogP contribution in [0.25, 0.3) is 0 Å². The topological polar surface area (TPSA) is 41.6 Å². The van der Waals surface area contributed by atoms with Crippen molar-refractivity contribution in [1.29, 1.82) is 0 Å². The molecule has 1 saturated heterocycles. The molecule has 144 valence electrons. The first-order chi connectivity index (χ1) is 12.9. The first kappa shape index (κ1) is 19.4. The highest BCUT2D eigenvalue weighted by Crippen LogP contribution is 2.19. The molecule has 0 spiro atoms. The van der Waals surface area contributed by atoms with Gasteiger partial charge in [0.1, 0.15) is 5.60 Å². The highest BCUT2D eigenvalue weighted by molar-refractivity contribution is 5.69. The fourth-order valence-electron chi connectivity index (χ4n) is 3.51. The Labute approximate surface area is 162 Å². The summed E-state index contributed by atoms with van der Waals surface area (Å²) in [4.78, 5) is 14.8. The molecule has 4 heteroatoms. The number of amides is 1. The van der Waals surface area contributed by atoms with E-state index in [1.54, 1.807) is 0 Å². The standard InChI is InChI=1S/C23H30N2O2/c1-23(2,3)27-22(26)25-17-20(14-18-10-6-4-7-11-18)24-16-21(25)15-19-12-8-5-9-13-19/h4-13,20-21,24H,14-17H2,1-3H3. The molecule has 1 aliphatic rings. The molecule has 4 nitrogen and oxygen atoms in total. The van der Waals surface area contributed by atoms with Crippen molar-refractivity contribution in [3.05, 3.63) is 71.8 Å². The fraction of sp³-hybridized carbons (Fsp3) is 0.435. The molecule has 0 aliphatic carbocycles. The fourth-order valence-corrected chi connectivity index (χ4v) is 3.51. The zero-order valence-electron chi connectivity index (χ0n) is 16.5. The van der Waals surface area contributed by atoms with Gasteiger partial charge in [0.15, 0.2) is 0 Å². The lowest BCUT2D eigenvalue weighted by Crippen LogP contribution is -2.60. The molecule has 27 heavy (non-hydrogen) atoms. The van der Waals surface area contributed by atoms with E-state index in [0.29, 0.717) is 6.54 Å². The summed E-state index contributed by atoms with van der Waals surface area (Å²) in [5, 5.41) is 3.64. The Balaban J connectivity index is 1.72. The zero-order valence-corrected chi connectivity index (χ0v) is 16.5. The molecule has 2 unspecified atom stereocenters. The molecular formula is C23H30N2O2. The Morgan fingerprint density at radius 2 is 1.56 bits per heavy atom. The van der Waals surface area contributed by atoms with Gasteiger partial charge in [-0.3, -0.25) is 0 Å². The monoisotopic (exact) mass is 366 g/mol. The first-order valence-electron chi connectivity index (χ1n) is 9.71. The highest BCUT2D eigenvalue weighted by Gasteiger charge is 2.34. The molecule has 0 saturated carbocycles. The predicted octanol–water partition coefficient (Wildman–Crippen LogP) is 4.05. The second kappa shape index (κ2) is 8.57. The smallest absolute Gasteiger partial charge is 0.410 e. The Hall–Kier alpha value is -2.33. The van der Waals surface area contributed by atoms with Gasteiger partial charge in [-0.1, -0.05) is 60.7 Å². The number of carbonyl (C=O) groups is 1. The maximum Gasteiger partial charge on any atom is 0.410 e. The van der Waals surface area contributed by atoms with Crippen LogP contribution in [0.1, 0.15) is 31.9 Å².